The van der Waals surface area contributed by atoms with Gasteiger partial charge in [-0.25, -0.2) is 4.39 Å². The second kappa shape index (κ2) is 5.28. The van der Waals surface area contributed by atoms with E-state index in [9.17, 15) is 4.39 Å². The molecule has 100 valence electrons. The minimum atomic E-state index is -0.259. The van der Waals surface area contributed by atoms with Crippen LogP contribution in [0.25, 0.3) is 0 Å². The fourth-order valence-corrected chi connectivity index (χ4v) is 2.67. The third-order valence-electron chi connectivity index (χ3n) is 3.31. The molecule has 0 unspecified atom stereocenters. The average Bonchev–Trinajstić information content (AvgIpc) is 2.83. The zero-order valence-electron chi connectivity index (χ0n) is 10.4. The Morgan fingerprint density at radius 2 is 2.21 bits per heavy atom. The third kappa shape index (κ3) is 2.63. The van der Waals surface area contributed by atoms with Crippen molar-refractivity contribution in [3.05, 3.63) is 40.1 Å². The first-order chi connectivity index (χ1) is 9.24. The van der Waals surface area contributed by atoms with Crippen LogP contribution in [0.15, 0.2) is 22.7 Å². The van der Waals surface area contributed by atoms with Crippen LogP contribution in [-0.4, -0.2) is 14.8 Å². The first kappa shape index (κ1) is 12.6. The summed E-state index contributed by atoms with van der Waals surface area (Å²) < 4.78 is 15.8. The Labute approximate surface area is 119 Å². The molecule has 1 aromatic carbocycles. The SMILES string of the molecule is Fc1ccc(NCc2nnc3n2CCCC3)cc1Br. The number of nitrogens with one attached hydrogen (secondary N) is 1. The predicted octanol–water partition coefficient (Wildman–Crippen LogP) is 3.13. The van der Waals surface area contributed by atoms with Crippen molar-refractivity contribution < 1.29 is 4.39 Å². The van der Waals surface area contributed by atoms with E-state index in [1.54, 1.807) is 12.1 Å². The maximum atomic E-state index is 13.1. The van der Waals surface area contributed by atoms with Gasteiger partial charge in [0.15, 0.2) is 5.82 Å². The van der Waals surface area contributed by atoms with Crippen molar-refractivity contribution in [1.29, 1.82) is 0 Å². The zero-order valence-corrected chi connectivity index (χ0v) is 12.0. The second-order valence-electron chi connectivity index (χ2n) is 4.62. The summed E-state index contributed by atoms with van der Waals surface area (Å²) in [6.07, 6.45) is 3.38. The number of aromatic nitrogens is 3. The quantitative estimate of drug-likeness (QED) is 0.943. The van der Waals surface area contributed by atoms with Crippen LogP contribution in [0.5, 0.6) is 0 Å². The number of benzene rings is 1. The summed E-state index contributed by atoms with van der Waals surface area (Å²) >= 11 is 3.18. The molecule has 19 heavy (non-hydrogen) atoms. The van der Waals surface area contributed by atoms with Crippen molar-refractivity contribution in [2.24, 2.45) is 0 Å². The summed E-state index contributed by atoms with van der Waals surface area (Å²) in [5, 5.41) is 11.7. The summed E-state index contributed by atoms with van der Waals surface area (Å²) in [4.78, 5) is 0. The highest BCUT2D eigenvalue weighted by Crippen LogP contribution is 2.21. The van der Waals surface area contributed by atoms with Gasteiger partial charge in [-0.15, -0.1) is 10.2 Å². The van der Waals surface area contributed by atoms with Gasteiger partial charge in [0.25, 0.3) is 0 Å². The lowest BCUT2D eigenvalue weighted by Crippen LogP contribution is -2.15. The van der Waals surface area contributed by atoms with Crippen LogP contribution in [0, 0.1) is 5.82 Å². The number of rotatable bonds is 3. The van der Waals surface area contributed by atoms with E-state index >= 15 is 0 Å². The lowest BCUT2D eigenvalue weighted by Gasteiger charge is -2.15. The van der Waals surface area contributed by atoms with Gasteiger partial charge >= 0.3 is 0 Å². The van der Waals surface area contributed by atoms with E-state index < -0.39 is 0 Å². The van der Waals surface area contributed by atoms with E-state index in [1.165, 1.54) is 18.9 Å². The normalized spacial score (nSPS) is 14.2. The molecule has 0 saturated carbocycles. The van der Waals surface area contributed by atoms with Crippen molar-refractivity contribution in [3.63, 3.8) is 0 Å². The predicted molar refractivity (Wildman–Crippen MR) is 74.4 cm³/mol. The van der Waals surface area contributed by atoms with Crippen LogP contribution in [-0.2, 0) is 19.5 Å². The first-order valence-corrected chi connectivity index (χ1v) is 7.13. The largest absolute Gasteiger partial charge is 0.378 e. The zero-order chi connectivity index (χ0) is 13.2. The van der Waals surface area contributed by atoms with Crippen LogP contribution in [0.1, 0.15) is 24.5 Å². The summed E-state index contributed by atoms with van der Waals surface area (Å²) in [5.41, 5.74) is 0.862. The molecule has 1 aromatic heterocycles. The molecule has 1 aliphatic heterocycles. The highest BCUT2D eigenvalue weighted by Gasteiger charge is 2.15. The van der Waals surface area contributed by atoms with E-state index in [2.05, 4.69) is 36.0 Å². The highest BCUT2D eigenvalue weighted by molar-refractivity contribution is 9.10. The van der Waals surface area contributed by atoms with Crippen LogP contribution in [0.3, 0.4) is 0 Å². The Kier molecular flexibility index (Phi) is 3.50. The molecule has 0 spiro atoms. The van der Waals surface area contributed by atoms with Gasteiger partial charge in [-0.05, 0) is 47.0 Å². The van der Waals surface area contributed by atoms with Crippen LogP contribution < -0.4 is 5.32 Å². The summed E-state index contributed by atoms with van der Waals surface area (Å²) in [6.45, 7) is 1.59. The Balaban J connectivity index is 1.72. The van der Waals surface area contributed by atoms with E-state index in [-0.39, 0.29) is 5.82 Å². The van der Waals surface area contributed by atoms with Gasteiger partial charge in [-0.2, -0.15) is 0 Å². The Morgan fingerprint density at radius 1 is 1.32 bits per heavy atom. The minimum Gasteiger partial charge on any atom is -0.378 e. The molecular formula is C13H14BrFN4. The molecule has 0 atom stereocenters. The maximum Gasteiger partial charge on any atom is 0.152 e. The molecule has 3 rings (SSSR count). The molecule has 0 amide bonds. The molecule has 2 aromatic rings. The maximum absolute atomic E-state index is 13.1. The van der Waals surface area contributed by atoms with E-state index in [4.69, 9.17) is 0 Å². The van der Waals surface area contributed by atoms with Gasteiger partial charge in [0, 0.05) is 18.7 Å². The average molecular weight is 325 g/mol. The summed E-state index contributed by atoms with van der Waals surface area (Å²) in [7, 11) is 0. The number of halogens is 2. The number of hydrogen-bond acceptors (Lipinski definition) is 3. The molecule has 4 nitrogen and oxygen atoms in total. The van der Waals surface area contributed by atoms with E-state index in [0.717, 1.165) is 30.3 Å². The van der Waals surface area contributed by atoms with E-state index in [1.807, 2.05) is 0 Å². The molecule has 0 saturated heterocycles. The number of anilines is 1. The van der Waals surface area contributed by atoms with Crippen molar-refractivity contribution in [1.82, 2.24) is 14.8 Å². The molecule has 1 N–H and O–H groups in total. The Hall–Kier alpha value is -1.43. The number of hydrogen-bond donors (Lipinski definition) is 1. The van der Waals surface area contributed by atoms with Gasteiger partial charge in [0.05, 0.1) is 11.0 Å². The molecule has 0 radical (unpaired) electrons. The molecule has 6 heteroatoms. The smallest absolute Gasteiger partial charge is 0.152 e. The standard InChI is InChI=1S/C13H14BrFN4/c14-10-7-9(4-5-11(10)15)16-8-13-18-17-12-3-1-2-6-19(12)13/h4-5,7,16H,1-3,6,8H2. The Morgan fingerprint density at radius 3 is 3.05 bits per heavy atom. The van der Waals surface area contributed by atoms with Crippen LogP contribution in [0.2, 0.25) is 0 Å². The monoisotopic (exact) mass is 324 g/mol. The van der Waals surface area contributed by atoms with Gasteiger partial charge < -0.3 is 9.88 Å². The second-order valence-corrected chi connectivity index (χ2v) is 5.48. The van der Waals surface area contributed by atoms with Gasteiger partial charge in [-0.1, -0.05) is 0 Å². The van der Waals surface area contributed by atoms with Crippen molar-refractivity contribution in [3.8, 4) is 0 Å². The van der Waals surface area contributed by atoms with Crippen molar-refractivity contribution in [2.45, 2.75) is 32.4 Å². The van der Waals surface area contributed by atoms with Crippen molar-refractivity contribution in [2.75, 3.05) is 5.32 Å². The third-order valence-corrected chi connectivity index (χ3v) is 3.91. The fourth-order valence-electron chi connectivity index (χ4n) is 2.29. The fraction of sp³-hybridized carbons (Fsp3) is 0.385. The van der Waals surface area contributed by atoms with Crippen LogP contribution >= 0.6 is 15.9 Å². The van der Waals surface area contributed by atoms with Gasteiger partial charge in [0.2, 0.25) is 0 Å². The molecule has 0 bridgehead atoms. The van der Waals surface area contributed by atoms with Crippen molar-refractivity contribution >= 4 is 21.6 Å². The van der Waals surface area contributed by atoms with E-state index in [0.29, 0.717) is 11.0 Å². The topological polar surface area (TPSA) is 42.7 Å². The lowest BCUT2D eigenvalue weighted by atomic mass is 10.2. The molecule has 0 aliphatic carbocycles. The molecular weight excluding hydrogens is 311 g/mol. The summed E-state index contributed by atoms with van der Waals surface area (Å²) in [5.74, 6) is 1.75. The lowest BCUT2D eigenvalue weighted by molar-refractivity contribution is 0.510. The number of nitrogens with zero attached hydrogens (tertiary/aromatic N) is 3. The molecule has 0 fully saturated rings. The Bertz CT molecular complexity index is 596. The molecule has 2 heterocycles. The van der Waals surface area contributed by atoms with Gasteiger partial charge in [0.1, 0.15) is 11.6 Å². The minimum absolute atomic E-state index is 0.259. The number of aryl methyl sites for hydroxylation is 1. The van der Waals surface area contributed by atoms with Crippen LogP contribution in [0.4, 0.5) is 10.1 Å². The summed E-state index contributed by atoms with van der Waals surface area (Å²) in [6, 6.07) is 4.88. The first-order valence-electron chi connectivity index (χ1n) is 6.34. The highest BCUT2D eigenvalue weighted by atomic mass is 79.9. The number of fused-ring (bicyclic) bond motifs is 1. The molecule has 1 aliphatic rings. The van der Waals surface area contributed by atoms with Gasteiger partial charge in [-0.3, -0.25) is 0 Å².